The first-order chi connectivity index (χ1) is 9.92. The lowest BCUT2D eigenvalue weighted by molar-refractivity contribution is -0.885. The molecule has 1 aromatic rings. The van der Waals surface area contributed by atoms with Gasteiger partial charge in [-0.15, -0.1) is 0 Å². The Hall–Kier alpha value is -1.95. The van der Waals surface area contributed by atoms with Gasteiger partial charge < -0.3 is 15.5 Å². The van der Waals surface area contributed by atoms with E-state index in [4.69, 9.17) is 0 Å². The minimum Gasteiger partial charge on any atom is -0.355 e. The molecule has 2 atom stereocenters. The van der Waals surface area contributed by atoms with Crippen molar-refractivity contribution in [3.05, 3.63) is 35.6 Å². The maximum atomic E-state index is 12.8. The van der Waals surface area contributed by atoms with Gasteiger partial charge in [-0.05, 0) is 26.0 Å². The van der Waals surface area contributed by atoms with Gasteiger partial charge in [-0.1, -0.05) is 12.1 Å². The predicted molar refractivity (Wildman–Crippen MR) is 78.1 cm³/mol. The van der Waals surface area contributed by atoms with Gasteiger partial charge in [-0.3, -0.25) is 9.59 Å². The molecule has 0 saturated carbocycles. The summed E-state index contributed by atoms with van der Waals surface area (Å²) in [6, 6.07) is 5.66. The van der Waals surface area contributed by atoms with Crippen molar-refractivity contribution in [1.29, 1.82) is 0 Å². The summed E-state index contributed by atoms with van der Waals surface area (Å²) < 4.78 is 12.8. The van der Waals surface area contributed by atoms with Crippen LogP contribution in [0.25, 0.3) is 0 Å². The van der Waals surface area contributed by atoms with Crippen molar-refractivity contribution in [2.45, 2.75) is 26.4 Å². The minimum absolute atomic E-state index is 0.187. The van der Waals surface area contributed by atoms with Crippen LogP contribution in [0.4, 0.5) is 4.39 Å². The second-order valence-electron chi connectivity index (χ2n) is 5.12. The molecule has 5 nitrogen and oxygen atoms in total. The fourth-order valence-corrected chi connectivity index (χ4v) is 1.97. The quantitative estimate of drug-likeness (QED) is 0.634. The molecule has 0 saturated heterocycles. The van der Waals surface area contributed by atoms with Gasteiger partial charge in [0.25, 0.3) is 5.91 Å². The SMILES string of the molecule is CCNC(=O)[C@@H](C)NC(=O)C[NH+](C)Cc1ccc(F)cc1. The van der Waals surface area contributed by atoms with Crippen molar-refractivity contribution >= 4 is 11.8 Å². The molecule has 0 aliphatic heterocycles. The van der Waals surface area contributed by atoms with E-state index in [0.29, 0.717) is 13.1 Å². The summed E-state index contributed by atoms with van der Waals surface area (Å²) in [5, 5.41) is 5.31. The van der Waals surface area contributed by atoms with E-state index < -0.39 is 6.04 Å². The molecule has 0 aliphatic rings. The van der Waals surface area contributed by atoms with Crippen molar-refractivity contribution in [3.8, 4) is 0 Å². The number of quaternary nitrogens is 1. The summed E-state index contributed by atoms with van der Waals surface area (Å²) in [5.74, 6) is -0.652. The van der Waals surface area contributed by atoms with E-state index >= 15 is 0 Å². The highest BCUT2D eigenvalue weighted by Gasteiger charge is 2.17. The molecule has 2 amide bonds. The van der Waals surface area contributed by atoms with Crippen LogP contribution in [0, 0.1) is 5.82 Å². The first kappa shape index (κ1) is 17.1. The van der Waals surface area contributed by atoms with Crippen LogP contribution in [0.2, 0.25) is 0 Å². The molecule has 1 aromatic carbocycles. The van der Waals surface area contributed by atoms with Gasteiger partial charge in [-0.25, -0.2) is 4.39 Å². The first-order valence-electron chi connectivity index (χ1n) is 7.05. The molecular weight excluding hydrogens is 273 g/mol. The molecular formula is C15H23FN3O2+. The largest absolute Gasteiger partial charge is 0.355 e. The van der Waals surface area contributed by atoms with Crippen LogP contribution in [0.15, 0.2) is 24.3 Å². The Morgan fingerprint density at radius 1 is 1.29 bits per heavy atom. The molecule has 116 valence electrons. The second-order valence-corrected chi connectivity index (χ2v) is 5.12. The number of benzene rings is 1. The van der Waals surface area contributed by atoms with E-state index in [9.17, 15) is 14.0 Å². The highest BCUT2D eigenvalue weighted by Crippen LogP contribution is 2.00. The number of likely N-dealkylation sites (N-methyl/N-ethyl adjacent to an activating group) is 2. The molecule has 1 rings (SSSR count). The van der Waals surface area contributed by atoms with E-state index in [2.05, 4.69) is 10.6 Å². The van der Waals surface area contributed by atoms with E-state index in [-0.39, 0.29) is 24.2 Å². The van der Waals surface area contributed by atoms with Crippen molar-refractivity contribution in [3.63, 3.8) is 0 Å². The summed E-state index contributed by atoms with van der Waals surface area (Å²) in [6.45, 7) is 4.88. The third-order valence-corrected chi connectivity index (χ3v) is 3.00. The lowest BCUT2D eigenvalue weighted by atomic mass is 10.2. The van der Waals surface area contributed by atoms with Gasteiger partial charge in [0.05, 0.1) is 7.05 Å². The zero-order chi connectivity index (χ0) is 15.8. The smallest absolute Gasteiger partial charge is 0.275 e. The normalized spacial score (nSPS) is 13.3. The monoisotopic (exact) mass is 296 g/mol. The predicted octanol–water partition coefficient (Wildman–Crippen LogP) is -0.519. The fourth-order valence-electron chi connectivity index (χ4n) is 1.97. The van der Waals surface area contributed by atoms with Gasteiger partial charge in [-0.2, -0.15) is 0 Å². The average Bonchev–Trinajstić information content (AvgIpc) is 2.41. The number of hydrogen-bond acceptors (Lipinski definition) is 2. The molecule has 0 aromatic heterocycles. The molecule has 0 heterocycles. The molecule has 0 aliphatic carbocycles. The van der Waals surface area contributed by atoms with Gasteiger partial charge >= 0.3 is 0 Å². The summed E-state index contributed by atoms with van der Waals surface area (Å²) in [5.41, 5.74) is 0.957. The van der Waals surface area contributed by atoms with Crippen LogP contribution < -0.4 is 15.5 Å². The number of halogens is 1. The van der Waals surface area contributed by atoms with Crippen LogP contribution in [0.5, 0.6) is 0 Å². The van der Waals surface area contributed by atoms with Crippen molar-refractivity contribution in [1.82, 2.24) is 10.6 Å². The van der Waals surface area contributed by atoms with Crippen molar-refractivity contribution < 1.29 is 18.9 Å². The van der Waals surface area contributed by atoms with E-state index in [1.807, 2.05) is 14.0 Å². The summed E-state index contributed by atoms with van der Waals surface area (Å²) >= 11 is 0. The van der Waals surface area contributed by atoms with Crippen molar-refractivity contribution in [2.24, 2.45) is 0 Å². The lowest BCUT2D eigenvalue weighted by Crippen LogP contribution is -3.09. The van der Waals surface area contributed by atoms with Gasteiger partial charge in [0, 0.05) is 12.1 Å². The van der Waals surface area contributed by atoms with Crippen LogP contribution in [0.1, 0.15) is 19.4 Å². The van der Waals surface area contributed by atoms with Crippen LogP contribution >= 0.6 is 0 Å². The Bertz CT molecular complexity index is 476. The highest BCUT2D eigenvalue weighted by atomic mass is 19.1. The third kappa shape index (κ3) is 6.35. The molecule has 21 heavy (non-hydrogen) atoms. The van der Waals surface area contributed by atoms with Crippen molar-refractivity contribution in [2.75, 3.05) is 20.1 Å². The molecule has 0 radical (unpaired) electrons. The summed E-state index contributed by atoms with van der Waals surface area (Å²) in [4.78, 5) is 24.3. The maximum absolute atomic E-state index is 12.8. The summed E-state index contributed by atoms with van der Waals surface area (Å²) in [6.07, 6.45) is 0. The zero-order valence-corrected chi connectivity index (χ0v) is 12.7. The Balaban J connectivity index is 2.40. The van der Waals surface area contributed by atoms with E-state index in [0.717, 1.165) is 10.5 Å². The Morgan fingerprint density at radius 3 is 2.48 bits per heavy atom. The van der Waals surface area contributed by atoms with Crippen LogP contribution in [-0.2, 0) is 16.1 Å². The molecule has 3 N–H and O–H groups in total. The fraction of sp³-hybridized carbons (Fsp3) is 0.467. The van der Waals surface area contributed by atoms with Gasteiger partial charge in [0.15, 0.2) is 6.54 Å². The van der Waals surface area contributed by atoms with Gasteiger partial charge in [0.1, 0.15) is 18.4 Å². The molecule has 0 bridgehead atoms. The number of carbonyl (C=O) groups is 2. The number of hydrogen-bond donors (Lipinski definition) is 3. The number of amides is 2. The highest BCUT2D eigenvalue weighted by molar-refractivity contribution is 5.87. The van der Waals surface area contributed by atoms with E-state index in [1.165, 1.54) is 12.1 Å². The topological polar surface area (TPSA) is 62.6 Å². The number of nitrogens with one attached hydrogen (secondary N) is 3. The Labute approximate surface area is 124 Å². The molecule has 0 spiro atoms. The van der Waals surface area contributed by atoms with E-state index in [1.54, 1.807) is 19.1 Å². The third-order valence-electron chi connectivity index (χ3n) is 3.00. The van der Waals surface area contributed by atoms with Crippen LogP contribution in [0.3, 0.4) is 0 Å². The Morgan fingerprint density at radius 2 is 1.90 bits per heavy atom. The lowest BCUT2D eigenvalue weighted by Gasteiger charge is -2.16. The molecule has 6 heteroatoms. The standard InChI is InChI=1S/C15H22FN3O2/c1-4-17-15(21)11(2)18-14(20)10-19(3)9-12-5-7-13(16)8-6-12/h5-8,11H,4,9-10H2,1-3H3,(H,17,21)(H,18,20)/p+1/t11-/m1/s1. The summed E-state index contributed by atoms with van der Waals surface area (Å²) in [7, 11) is 1.87. The molecule has 1 unspecified atom stereocenters. The molecule has 0 fully saturated rings. The average molecular weight is 296 g/mol. The van der Waals surface area contributed by atoms with Gasteiger partial charge in [0.2, 0.25) is 5.91 Å². The minimum atomic E-state index is -0.545. The first-order valence-corrected chi connectivity index (χ1v) is 7.05. The zero-order valence-electron chi connectivity index (χ0n) is 12.7. The maximum Gasteiger partial charge on any atom is 0.275 e. The number of carbonyl (C=O) groups excluding carboxylic acids is 2. The van der Waals surface area contributed by atoms with Crippen LogP contribution in [-0.4, -0.2) is 38.0 Å². The number of rotatable bonds is 7. The second kappa shape index (κ2) is 8.36. The Kier molecular flexibility index (Phi) is 6.81.